The highest BCUT2D eigenvalue weighted by Crippen LogP contribution is 2.23. The van der Waals surface area contributed by atoms with E-state index < -0.39 is 0 Å². The molecule has 4 nitrogen and oxygen atoms in total. The Balaban J connectivity index is 2.55. The zero-order valence-electron chi connectivity index (χ0n) is 11.5. The van der Waals surface area contributed by atoms with Gasteiger partial charge in [-0.1, -0.05) is 12.1 Å². The van der Waals surface area contributed by atoms with Crippen LogP contribution in [0.4, 0.5) is 5.69 Å². The van der Waals surface area contributed by atoms with Crippen molar-refractivity contribution in [2.24, 2.45) is 0 Å². The second-order valence-corrected chi connectivity index (χ2v) is 5.08. The van der Waals surface area contributed by atoms with Crippen LogP contribution in [0.15, 0.2) is 24.3 Å². The maximum atomic E-state index is 11.7. The quantitative estimate of drug-likeness (QED) is 0.843. The second-order valence-electron chi connectivity index (χ2n) is 5.08. The molecule has 0 saturated carbocycles. The number of benzene rings is 1. The van der Waals surface area contributed by atoms with Gasteiger partial charge in [-0.2, -0.15) is 0 Å². The summed E-state index contributed by atoms with van der Waals surface area (Å²) in [6.07, 6.45) is 0. The first-order valence-electron chi connectivity index (χ1n) is 6.19. The number of ether oxygens (including phenoxy) is 1. The Bertz CT molecular complexity index is 397. The van der Waals surface area contributed by atoms with Crippen LogP contribution < -0.4 is 15.4 Å². The van der Waals surface area contributed by atoms with E-state index in [4.69, 9.17) is 4.74 Å². The molecule has 1 aromatic rings. The third-order valence-electron chi connectivity index (χ3n) is 2.14. The number of amides is 1. The van der Waals surface area contributed by atoms with Gasteiger partial charge in [0, 0.05) is 5.54 Å². The van der Waals surface area contributed by atoms with Crippen LogP contribution in [0.5, 0.6) is 5.75 Å². The zero-order valence-corrected chi connectivity index (χ0v) is 11.5. The highest BCUT2D eigenvalue weighted by atomic mass is 16.5. The molecule has 0 atom stereocenters. The van der Waals surface area contributed by atoms with Crippen LogP contribution in [-0.2, 0) is 4.79 Å². The summed E-state index contributed by atoms with van der Waals surface area (Å²) < 4.78 is 5.48. The lowest BCUT2D eigenvalue weighted by molar-refractivity contribution is -0.120. The van der Waals surface area contributed by atoms with Crippen LogP contribution in [0.3, 0.4) is 0 Å². The summed E-state index contributed by atoms with van der Waals surface area (Å²) in [7, 11) is 0. The molecule has 1 aromatic carbocycles. The molecule has 2 N–H and O–H groups in total. The van der Waals surface area contributed by atoms with Crippen molar-refractivity contribution in [2.45, 2.75) is 33.2 Å². The van der Waals surface area contributed by atoms with Gasteiger partial charge in [-0.25, -0.2) is 0 Å². The molecule has 0 unspecified atom stereocenters. The van der Waals surface area contributed by atoms with Crippen LogP contribution in [0.1, 0.15) is 27.7 Å². The first kappa shape index (κ1) is 14.4. The Kier molecular flexibility index (Phi) is 5.01. The van der Waals surface area contributed by atoms with Crippen LogP contribution >= 0.6 is 0 Å². The Morgan fingerprint density at radius 3 is 2.56 bits per heavy atom. The standard InChI is InChI=1S/C14H22N2O2/c1-5-18-12-9-7-6-8-11(12)15-10-13(17)16-14(2,3)4/h6-9,15H,5,10H2,1-4H3,(H,16,17). The average Bonchev–Trinajstić information content (AvgIpc) is 2.26. The summed E-state index contributed by atoms with van der Waals surface area (Å²) in [4.78, 5) is 11.7. The summed E-state index contributed by atoms with van der Waals surface area (Å²) in [5.41, 5.74) is 0.626. The Hall–Kier alpha value is -1.71. The zero-order chi connectivity index (χ0) is 13.6. The number of hydrogen-bond acceptors (Lipinski definition) is 3. The van der Waals surface area contributed by atoms with E-state index in [0.717, 1.165) is 11.4 Å². The minimum atomic E-state index is -0.210. The van der Waals surface area contributed by atoms with Gasteiger partial charge in [0.2, 0.25) is 5.91 Å². The summed E-state index contributed by atoms with van der Waals surface area (Å²) in [6, 6.07) is 7.60. The second kappa shape index (κ2) is 6.28. The minimum Gasteiger partial charge on any atom is -0.492 e. The molecule has 0 heterocycles. The number of rotatable bonds is 5. The highest BCUT2D eigenvalue weighted by Gasteiger charge is 2.13. The molecule has 0 radical (unpaired) electrons. The first-order valence-corrected chi connectivity index (χ1v) is 6.19. The van der Waals surface area contributed by atoms with E-state index in [1.165, 1.54) is 0 Å². The van der Waals surface area contributed by atoms with Crippen LogP contribution in [0, 0.1) is 0 Å². The van der Waals surface area contributed by atoms with Crippen molar-refractivity contribution in [1.29, 1.82) is 0 Å². The predicted molar refractivity (Wildman–Crippen MR) is 74.0 cm³/mol. The lowest BCUT2D eigenvalue weighted by atomic mass is 10.1. The molecule has 0 aliphatic heterocycles. The van der Waals surface area contributed by atoms with Crippen molar-refractivity contribution < 1.29 is 9.53 Å². The molecule has 0 aliphatic rings. The van der Waals surface area contributed by atoms with Gasteiger partial charge in [0.15, 0.2) is 0 Å². The molecule has 100 valence electrons. The van der Waals surface area contributed by atoms with Gasteiger partial charge in [0.05, 0.1) is 18.8 Å². The SMILES string of the molecule is CCOc1ccccc1NCC(=O)NC(C)(C)C. The van der Waals surface area contributed by atoms with E-state index in [0.29, 0.717) is 6.61 Å². The monoisotopic (exact) mass is 250 g/mol. The smallest absolute Gasteiger partial charge is 0.239 e. The third-order valence-corrected chi connectivity index (χ3v) is 2.14. The molecular formula is C14H22N2O2. The van der Waals surface area contributed by atoms with Gasteiger partial charge >= 0.3 is 0 Å². The van der Waals surface area contributed by atoms with Gasteiger partial charge in [0.1, 0.15) is 5.75 Å². The number of hydrogen-bond donors (Lipinski definition) is 2. The van der Waals surface area contributed by atoms with E-state index in [1.807, 2.05) is 52.0 Å². The van der Waals surface area contributed by atoms with Crippen LogP contribution in [0.25, 0.3) is 0 Å². The normalized spacial score (nSPS) is 10.9. The van der Waals surface area contributed by atoms with Gasteiger partial charge in [-0.05, 0) is 39.8 Å². The van der Waals surface area contributed by atoms with Crippen molar-refractivity contribution in [3.8, 4) is 5.75 Å². The molecule has 0 aromatic heterocycles. The predicted octanol–water partition coefficient (Wildman–Crippen LogP) is 2.41. The maximum Gasteiger partial charge on any atom is 0.239 e. The number of anilines is 1. The van der Waals surface area contributed by atoms with E-state index >= 15 is 0 Å². The molecular weight excluding hydrogens is 228 g/mol. The maximum absolute atomic E-state index is 11.7. The molecule has 0 fully saturated rings. The molecule has 4 heteroatoms. The van der Waals surface area contributed by atoms with Crippen molar-refractivity contribution in [3.05, 3.63) is 24.3 Å². The minimum absolute atomic E-state index is 0.0335. The molecule has 0 saturated heterocycles. The van der Waals surface area contributed by atoms with Crippen molar-refractivity contribution in [1.82, 2.24) is 5.32 Å². The summed E-state index contributed by atoms with van der Waals surface area (Å²) in [5, 5.41) is 5.98. The lowest BCUT2D eigenvalue weighted by Crippen LogP contribution is -2.43. The van der Waals surface area contributed by atoms with Crippen molar-refractivity contribution in [3.63, 3.8) is 0 Å². The first-order chi connectivity index (χ1) is 8.42. The summed E-state index contributed by atoms with van der Waals surface area (Å²) >= 11 is 0. The number of para-hydroxylation sites is 2. The molecule has 0 bridgehead atoms. The van der Waals surface area contributed by atoms with Gasteiger partial charge in [-0.15, -0.1) is 0 Å². The fraction of sp³-hybridized carbons (Fsp3) is 0.500. The van der Waals surface area contributed by atoms with Crippen molar-refractivity contribution in [2.75, 3.05) is 18.5 Å². The number of nitrogens with one attached hydrogen (secondary N) is 2. The number of carbonyl (C=O) groups is 1. The van der Waals surface area contributed by atoms with Crippen LogP contribution in [0.2, 0.25) is 0 Å². The molecule has 0 spiro atoms. The Labute approximate surface area is 109 Å². The Morgan fingerprint density at radius 2 is 1.94 bits per heavy atom. The third kappa shape index (κ3) is 5.08. The molecule has 18 heavy (non-hydrogen) atoms. The fourth-order valence-corrected chi connectivity index (χ4v) is 1.53. The van der Waals surface area contributed by atoms with Crippen LogP contribution in [-0.4, -0.2) is 24.6 Å². The van der Waals surface area contributed by atoms with Gasteiger partial charge in [-0.3, -0.25) is 4.79 Å². The fourth-order valence-electron chi connectivity index (χ4n) is 1.53. The molecule has 0 aliphatic carbocycles. The summed E-state index contributed by atoms with van der Waals surface area (Å²) in [5.74, 6) is 0.734. The highest BCUT2D eigenvalue weighted by molar-refractivity contribution is 5.81. The lowest BCUT2D eigenvalue weighted by Gasteiger charge is -2.21. The van der Waals surface area contributed by atoms with E-state index in [1.54, 1.807) is 0 Å². The number of carbonyl (C=O) groups excluding carboxylic acids is 1. The van der Waals surface area contributed by atoms with Gasteiger partial charge < -0.3 is 15.4 Å². The molecule has 1 amide bonds. The van der Waals surface area contributed by atoms with Crippen molar-refractivity contribution >= 4 is 11.6 Å². The van der Waals surface area contributed by atoms with E-state index in [2.05, 4.69) is 10.6 Å². The molecule has 1 rings (SSSR count). The Morgan fingerprint density at radius 1 is 1.28 bits per heavy atom. The summed E-state index contributed by atoms with van der Waals surface area (Å²) in [6.45, 7) is 8.65. The van der Waals surface area contributed by atoms with E-state index in [-0.39, 0.29) is 18.0 Å². The average molecular weight is 250 g/mol. The van der Waals surface area contributed by atoms with E-state index in [9.17, 15) is 4.79 Å². The topological polar surface area (TPSA) is 50.4 Å². The van der Waals surface area contributed by atoms with Gasteiger partial charge in [0.25, 0.3) is 0 Å². The largest absolute Gasteiger partial charge is 0.492 e.